The fourth-order valence-corrected chi connectivity index (χ4v) is 2.40. The van der Waals surface area contributed by atoms with Gasteiger partial charge in [-0.25, -0.2) is 0 Å². The topological polar surface area (TPSA) is 56.8 Å². The molecular weight excluding hydrogens is 306 g/mol. The van der Waals surface area contributed by atoms with Gasteiger partial charge in [0.25, 0.3) is 5.91 Å². The molecule has 0 saturated heterocycles. The Kier molecular flexibility index (Phi) is 6.07. The second-order valence-corrected chi connectivity index (χ2v) is 5.26. The van der Waals surface area contributed by atoms with Gasteiger partial charge in [0.1, 0.15) is 17.2 Å². The number of benzene rings is 2. The smallest absolute Gasteiger partial charge is 0.251 e. The van der Waals surface area contributed by atoms with Crippen LogP contribution in [0.5, 0.6) is 17.2 Å². The van der Waals surface area contributed by atoms with Gasteiger partial charge in [-0.3, -0.25) is 4.79 Å². The highest BCUT2D eigenvalue weighted by Gasteiger charge is 2.16. The van der Waals surface area contributed by atoms with E-state index in [1.807, 2.05) is 32.0 Å². The van der Waals surface area contributed by atoms with Gasteiger partial charge in [0.05, 0.1) is 26.9 Å². The van der Waals surface area contributed by atoms with Crippen molar-refractivity contribution >= 4 is 5.91 Å². The molecule has 0 saturated carbocycles. The predicted molar refractivity (Wildman–Crippen MR) is 93.0 cm³/mol. The summed E-state index contributed by atoms with van der Waals surface area (Å²) in [5, 5.41) is 2.97. The van der Waals surface area contributed by atoms with Gasteiger partial charge in [-0.15, -0.1) is 0 Å². The Hall–Kier alpha value is -2.69. The van der Waals surface area contributed by atoms with E-state index in [1.165, 1.54) is 0 Å². The van der Waals surface area contributed by atoms with E-state index in [1.54, 1.807) is 38.5 Å². The second-order valence-electron chi connectivity index (χ2n) is 5.26. The van der Waals surface area contributed by atoms with Gasteiger partial charge in [-0.05, 0) is 56.3 Å². The van der Waals surface area contributed by atoms with Crippen molar-refractivity contribution in [1.82, 2.24) is 5.32 Å². The molecule has 0 bridgehead atoms. The van der Waals surface area contributed by atoms with Crippen molar-refractivity contribution in [3.63, 3.8) is 0 Å². The van der Waals surface area contributed by atoms with Crippen LogP contribution in [0.25, 0.3) is 0 Å². The van der Waals surface area contributed by atoms with Crippen LogP contribution in [0.3, 0.4) is 0 Å². The summed E-state index contributed by atoms with van der Waals surface area (Å²) in [6.45, 7) is 4.42. The molecule has 128 valence electrons. The maximum Gasteiger partial charge on any atom is 0.251 e. The monoisotopic (exact) mass is 329 g/mol. The molecule has 2 aromatic carbocycles. The molecule has 0 aromatic heterocycles. The first-order chi connectivity index (χ1) is 11.6. The molecule has 0 aliphatic heterocycles. The molecule has 0 fully saturated rings. The molecular formula is C19H23NO4. The third-order valence-corrected chi connectivity index (χ3v) is 3.68. The number of carbonyl (C=O) groups excluding carboxylic acids is 1. The van der Waals surface area contributed by atoms with E-state index in [2.05, 4.69) is 5.32 Å². The van der Waals surface area contributed by atoms with Crippen molar-refractivity contribution < 1.29 is 19.0 Å². The number of carbonyl (C=O) groups is 1. The number of hydrogen-bond donors (Lipinski definition) is 1. The summed E-state index contributed by atoms with van der Waals surface area (Å²) in [7, 11) is 3.21. The Morgan fingerprint density at radius 2 is 1.71 bits per heavy atom. The number of nitrogens with one attached hydrogen (secondary N) is 1. The normalized spacial score (nSPS) is 11.5. The Balaban J connectivity index is 2.13. The molecule has 0 radical (unpaired) electrons. The van der Waals surface area contributed by atoms with Crippen molar-refractivity contribution in [3.05, 3.63) is 53.6 Å². The molecule has 0 spiro atoms. The fraction of sp³-hybridized carbons (Fsp3) is 0.316. The quantitative estimate of drug-likeness (QED) is 0.843. The van der Waals surface area contributed by atoms with Crippen LogP contribution < -0.4 is 19.5 Å². The van der Waals surface area contributed by atoms with E-state index < -0.39 is 0 Å². The van der Waals surface area contributed by atoms with E-state index >= 15 is 0 Å². The Morgan fingerprint density at radius 1 is 1.04 bits per heavy atom. The highest BCUT2D eigenvalue weighted by Crippen LogP contribution is 2.29. The maximum absolute atomic E-state index is 12.4. The average molecular weight is 329 g/mol. The summed E-state index contributed by atoms with van der Waals surface area (Å²) in [5.41, 5.74) is 1.43. The van der Waals surface area contributed by atoms with Crippen molar-refractivity contribution in [1.29, 1.82) is 0 Å². The average Bonchev–Trinajstić information content (AvgIpc) is 2.61. The first-order valence-corrected chi connectivity index (χ1v) is 7.84. The summed E-state index contributed by atoms with van der Waals surface area (Å²) >= 11 is 0. The van der Waals surface area contributed by atoms with Gasteiger partial charge in [0, 0.05) is 11.1 Å². The van der Waals surface area contributed by atoms with Crippen LogP contribution in [-0.2, 0) is 0 Å². The summed E-state index contributed by atoms with van der Waals surface area (Å²) < 4.78 is 16.0. The lowest BCUT2D eigenvalue weighted by Gasteiger charge is -2.18. The van der Waals surface area contributed by atoms with E-state index in [4.69, 9.17) is 14.2 Å². The van der Waals surface area contributed by atoms with E-state index in [0.29, 0.717) is 23.7 Å². The van der Waals surface area contributed by atoms with Crippen LogP contribution in [0.4, 0.5) is 0 Å². The molecule has 0 heterocycles. The molecule has 5 heteroatoms. The summed E-state index contributed by atoms with van der Waals surface area (Å²) in [4.78, 5) is 12.4. The number of methoxy groups -OCH3 is 2. The van der Waals surface area contributed by atoms with Crippen LogP contribution in [0.2, 0.25) is 0 Å². The van der Waals surface area contributed by atoms with Crippen LogP contribution >= 0.6 is 0 Å². The molecule has 5 nitrogen and oxygen atoms in total. The van der Waals surface area contributed by atoms with Crippen LogP contribution in [0.1, 0.15) is 35.8 Å². The third-order valence-electron chi connectivity index (χ3n) is 3.68. The lowest BCUT2D eigenvalue weighted by atomic mass is 10.1. The molecule has 0 aliphatic rings. The Bertz CT molecular complexity index is 682. The van der Waals surface area contributed by atoms with E-state index in [-0.39, 0.29) is 11.9 Å². The fourth-order valence-electron chi connectivity index (χ4n) is 2.40. The van der Waals surface area contributed by atoms with E-state index in [0.717, 1.165) is 11.3 Å². The zero-order valence-electron chi connectivity index (χ0n) is 14.5. The van der Waals surface area contributed by atoms with Crippen molar-refractivity contribution in [2.75, 3.05) is 20.8 Å². The maximum atomic E-state index is 12.4. The van der Waals surface area contributed by atoms with Gasteiger partial charge in [-0.2, -0.15) is 0 Å². The highest BCUT2D eigenvalue weighted by atomic mass is 16.5. The highest BCUT2D eigenvalue weighted by molar-refractivity contribution is 5.94. The molecule has 1 unspecified atom stereocenters. The summed E-state index contributed by atoms with van der Waals surface area (Å²) in [6, 6.07) is 12.4. The lowest BCUT2D eigenvalue weighted by Crippen LogP contribution is -2.26. The zero-order valence-corrected chi connectivity index (χ0v) is 14.5. The van der Waals surface area contributed by atoms with Crippen molar-refractivity contribution in [3.8, 4) is 17.2 Å². The Morgan fingerprint density at radius 3 is 2.29 bits per heavy atom. The van der Waals surface area contributed by atoms with Gasteiger partial charge in [-0.1, -0.05) is 0 Å². The molecule has 24 heavy (non-hydrogen) atoms. The second kappa shape index (κ2) is 8.24. The SMILES string of the molecule is CCOc1ccc(C(=O)NC(C)c2cc(OC)ccc2OC)cc1. The predicted octanol–water partition coefficient (Wildman–Crippen LogP) is 3.59. The minimum Gasteiger partial charge on any atom is -0.497 e. The zero-order chi connectivity index (χ0) is 17.5. The lowest BCUT2D eigenvalue weighted by molar-refractivity contribution is 0.0939. The first-order valence-electron chi connectivity index (χ1n) is 7.84. The Labute approximate surface area is 142 Å². The van der Waals surface area contributed by atoms with Gasteiger partial charge in [0.15, 0.2) is 0 Å². The van der Waals surface area contributed by atoms with Crippen LogP contribution in [-0.4, -0.2) is 26.7 Å². The van der Waals surface area contributed by atoms with Crippen LogP contribution in [0.15, 0.2) is 42.5 Å². The summed E-state index contributed by atoms with van der Waals surface area (Å²) in [5.74, 6) is 2.01. The number of rotatable bonds is 7. The minimum atomic E-state index is -0.228. The van der Waals surface area contributed by atoms with Crippen molar-refractivity contribution in [2.24, 2.45) is 0 Å². The first kappa shape index (κ1) is 17.7. The van der Waals surface area contributed by atoms with Gasteiger partial charge >= 0.3 is 0 Å². The molecule has 0 aliphatic carbocycles. The molecule has 1 N–H and O–H groups in total. The van der Waals surface area contributed by atoms with Crippen molar-refractivity contribution in [2.45, 2.75) is 19.9 Å². The molecule has 1 amide bonds. The summed E-state index contributed by atoms with van der Waals surface area (Å²) in [6.07, 6.45) is 0. The standard InChI is InChI=1S/C19H23NO4/c1-5-24-15-8-6-14(7-9-15)19(21)20-13(2)17-12-16(22-3)10-11-18(17)23-4/h6-13H,5H2,1-4H3,(H,20,21). The van der Waals surface area contributed by atoms with Gasteiger partial charge in [0.2, 0.25) is 0 Å². The number of amides is 1. The van der Waals surface area contributed by atoms with Gasteiger partial charge < -0.3 is 19.5 Å². The number of ether oxygens (including phenoxy) is 3. The van der Waals surface area contributed by atoms with Crippen LogP contribution in [0, 0.1) is 0 Å². The third kappa shape index (κ3) is 4.19. The molecule has 2 aromatic rings. The molecule has 1 atom stereocenters. The largest absolute Gasteiger partial charge is 0.497 e. The minimum absolute atomic E-state index is 0.157. The van der Waals surface area contributed by atoms with E-state index in [9.17, 15) is 4.79 Å². The molecule has 2 rings (SSSR count). The number of hydrogen-bond acceptors (Lipinski definition) is 4.